The molecule has 1 aliphatic rings. The molecule has 0 saturated heterocycles. The fraction of sp³-hybridized carbons (Fsp3) is 0.188. The summed E-state index contributed by atoms with van der Waals surface area (Å²) in [5.74, 6) is -0.276. The van der Waals surface area contributed by atoms with Gasteiger partial charge in [-0.1, -0.05) is 48.5 Å². The first kappa shape index (κ1) is 11.9. The van der Waals surface area contributed by atoms with Gasteiger partial charge in [-0.25, -0.2) is 0 Å². The number of aliphatic hydroxyl groups is 1. The number of para-hydroxylation sites is 1. The number of rotatable bonds is 2. The van der Waals surface area contributed by atoms with E-state index in [1.54, 1.807) is 17.0 Å². The van der Waals surface area contributed by atoms with Crippen molar-refractivity contribution < 1.29 is 9.90 Å². The summed E-state index contributed by atoms with van der Waals surface area (Å²) < 4.78 is 0. The first-order chi connectivity index (χ1) is 9.19. The van der Waals surface area contributed by atoms with Gasteiger partial charge in [-0.05, 0) is 18.6 Å². The molecule has 1 heterocycles. The summed E-state index contributed by atoms with van der Waals surface area (Å²) >= 11 is 0. The van der Waals surface area contributed by atoms with Crippen molar-refractivity contribution in [1.29, 1.82) is 0 Å². The van der Waals surface area contributed by atoms with Crippen LogP contribution in [0.25, 0.3) is 0 Å². The van der Waals surface area contributed by atoms with Crippen LogP contribution < -0.4 is 4.90 Å². The highest BCUT2D eigenvalue weighted by Gasteiger charge is 2.50. The number of carbonyl (C=O) groups excluding carboxylic acids is 1. The molecular formula is C16H15NO2. The third-order valence-electron chi connectivity index (χ3n) is 3.65. The van der Waals surface area contributed by atoms with Crippen molar-refractivity contribution in [3.8, 4) is 0 Å². The predicted octanol–water partition coefficient (Wildman–Crippen LogP) is 2.29. The zero-order chi connectivity index (χ0) is 13.5. The molecule has 1 aliphatic heterocycles. The van der Waals surface area contributed by atoms with Gasteiger partial charge in [0.25, 0.3) is 5.91 Å². The van der Waals surface area contributed by atoms with Crippen LogP contribution in [0.3, 0.4) is 0 Å². The summed E-state index contributed by atoms with van der Waals surface area (Å²) in [4.78, 5) is 14.2. The minimum atomic E-state index is -1.56. The van der Waals surface area contributed by atoms with Crippen molar-refractivity contribution in [2.75, 3.05) is 11.4 Å². The molecule has 3 heteroatoms. The Hall–Kier alpha value is -2.13. The predicted molar refractivity (Wildman–Crippen MR) is 73.9 cm³/mol. The molecule has 1 N–H and O–H groups in total. The molecular weight excluding hydrogens is 238 g/mol. The molecule has 96 valence electrons. The zero-order valence-electron chi connectivity index (χ0n) is 10.7. The minimum Gasteiger partial charge on any atom is -0.372 e. The number of hydrogen-bond donors (Lipinski definition) is 1. The maximum atomic E-state index is 12.6. The standard InChI is InChI=1S/C16H15NO2/c1-2-17-14-11-7-6-10-13(14)16(19,15(17)18)12-8-4-3-5-9-12/h3-11,19H,2H2,1H3. The van der Waals surface area contributed by atoms with Crippen LogP contribution in [-0.2, 0) is 10.4 Å². The number of amides is 1. The lowest BCUT2D eigenvalue weighted by Gasteiger charge is -2.23. The first-order valence-electron chi connectivity index (χ1n) is 6.39. The van der Waals surface area contributed by atoms with Crippen molar-refractivity contribution in [1.82, 2.24) is 0 Å². The quantitative estimate of drug-likeness (QED) is 0.892. The second-order valence-corrected chi connectivity index (χ2v) is 4.64. The molecule has 1 atom stereocenters. The molecule has 0 bridgehead atoms. The Morgan fingerprint density at radius 3 is 2.37 bits per heavy atom. The highest BCUT2D eigenvalue weighted by atomic mass is 16.3. The van der Waals surface area contributed by atoms with E-state index in [0.29, 0.717) is 17.7 Å². The maximum absolute atomic E-state index is 12.6. The molecule has 0 spiro atoms. The lowest BCUT2D eigenvalue weighted by atomic mass is 9.88. The van der Waals surface area contributed by atoms with Gasteiger partial charge >= 0.3 is 0 Å². The largest absolute Gasteiger partial charge is 0.372 e. The summed E-state index contributed by atoms with van der Waals surface area (Å²) in [6, 6.07) is 16.5. The van der Waals surface area contributed by atoms with E-state index in [4.69, 9.17) is 0 Å². The van der Waals surface area contributed by atoms with Crippen LogP contribution in [-0.4, -0.2) is 17.6 Å². The SMILES string of the molecule is CCN1C(=O)C(O)(c2ccccc2)c2ccccc21. The Bertz CT molecular complexity index is 624. The van der Waals surface area contributed by atoms with Gasteiger partial charge in [-0.15, -0.1) is 0 Å². The number of fused-ring (bicyclic) bond motifs is 1. The Kier molecular flexibility index (Phi) is 2.64. The summed E-state index contributed by atoms with van der Waals surface area (Å²) in [6.07, 6.45) is 0. The number of nitrogens with zero attached hydrogens (tertiary/aromatic N) is 1. The van der Waals surface area contributed by atoms with Crippen LogP contribution in [0.2, 0.25) is 0 Å². The van der Waals surface area contributed by atoms with Crippen molar-refractivity contribution in [2.24, 2.45) is 0 Å². The van der Waals surface area contributed by atoms with Crippen molar-refractivity contribution in [3.05, 3.63) is 65.7 Å². The summed E-state index contributed by atoms with van der Waals surface area (Å²) in [7, 11) is 0. The number of benzene rings is 2. The number of hydrogen-bond acceptors (Lipinski definition) is 2. The van der Waals surface area contributed by atoms with Crippen molar-refractivity contribution in [3.63, 3.8) is 0 Å². The average Bonchev–Trinajstić information content (AvgIpc) is 2.70. The molecule has 0 aromatic heterocycles. The first-order valence-corrected chi connectivity index (χ1v) is 6.39. The third kappa shape index (κ3) is 1.52. The molecule has 0 aliphatic carbocycles. The fourth-order valence-corrected chi connectivity index (χ4v) is 2.71. The number of likely N-dealkylation sites (N-methyl/N-ethyl adjacent to an activating group) is 1. The molecule has 2 aromatic carbocycles. The Balaban J connectivity index is 2.25. The van der Waals surface area contributed by atoms with Crippen LogP contribution in [0.15, 0.2) is 54.6 Å². The summed E-state index contributed by atoms with van der Waals surface area (Å²) in [5.41, 5.74) is 0.506. The van der Waals surface area contributed by atoms with Crippen LogP contribution >= 0.6 is 0 Å². The second-order valence-electron chi connectivity index (χ2n) is 4.64. The number of anilines is 1. The Morgan fingerprint density at radius 2 is 1.68 bits per heavy atom. The molecule has 19 heavy (non-hydrogen) atoms. The average molecular weight is 253 g/mol. The van der Waals surface area contributed by atoms with Crippen LogP contribution in [0.5, 0.6) is 0 Å². The maximum Gasteiger partial charge on any atom is 0.268 e. The summed E-state index contributed by atoms with van der Waals surface area (Å²) in [6.45, 7) is 2.45. The van der Waals surface area contributed by atoms with E-state index in [9.17, 15) is 9.90 Å². The van der Waals surface area contributed by atoms with Gasteiger partial charge in [0.15, 0.2) is 5.60 Å². The molecule has 1 amide bonds. The highest BCUT2D eigenvalue weighted by Crippen LogP contribution is 2.43. The van der Waals surface area contributed by atoms with E-state index in [1.165, 1.54) is 0 Å². The highest BCUT2D eigenvalue weighted by molar-refractivity contribution is 6.09. The molecule has 2 aromatic rings. The molecule has 3 nitrogen and oxygen atoms in total. The van der Waals surface area contributed by atoms with Crippen LogP contribution in [0.1, 0.15) is 18.1 Å². The van der Waals surface area contributed by atoms with Gasteiger partial charge in [0.2, 0.25) is 0 Å². The van der Waals surface area contributed by atoms with Crippen LogP contribution in [0.4, 0.5) is 5.69 Å². The topological polar surface area (TPSA) is 40.5 Å². The Morgan fingerprint density at radius 1 is 1.05 bits per heavy atom. The van der Waals surface area contributed by atoms with E-state index in [0.717, 1.165) is 5.69 Å². The van der Waals surface area contributed by atoms with Crippen molar-refractivity contribution >= 4 is 11.6 Å². The van der Waals surface area contributed by atoms with Gasteiger partial charge < -0.3 is 10.0 Å². The second kappa shape index (κ2) is 4.21. The lowest BCUT2D eigenvalue weighted by Crippen LogP contribution is -2.41. The van der Waals surface area contributed by atoms with Gasteiger partial charge in [-0.3, -0.25) is 4.79 Å². The smallest absolute Gasteiger partial charge is 0.268 e. The van der Waals surface area contributed by atoms with Gasteiger partial charge in [-0.2, -0.15) is 0 Å². The van der Waals surface area contributed by atoms with E-state index in [1.807, 2.05) is 49.4 Å². The van der Waals surface area contributed by atoms with Gasteiger partial charge in [0.1, 0.15) is 0 Å². The monoisotopic (exact) mass is 253 g/mol. The molecule has 0 fully saturated rings. The molecule has 1 unspecified atom stereocenters. The van der Waals surface area contributed by atoms with E-state index >= 15 is 0 Å². The third-order valence-corrected chi connectivity index (χ3v) is 3.65. The molecule has 0 radical (unpaired) electrons. The minimum absolute atomic E-state index is 0.276. The fourth-order valence-electron chi connectivity index (χ4n) is 2.71. The molecule has 0 saturated carbocycles. The van der Waals surface area contributed by atoms with Gasteiger partial charge in [0.05, 0.1) is 5.69 Å². The normalized spacial score (nSPS) is 21.6. The van der Waals surface area contributed by atoms with Crippen LogP contribution in [0, 0.1) is 0 Å². The van der Waals surface area contributed by atoms with Crippen molar-refractivity contribution in [2.45, 2.75) is 12.5 Å². The summed E-state index contributed by atoms with van der Waals surface area (Å²) in [5, 5.41) is 11.0. The van der Waals surface area contributed by atoms with E-state index < -0.39 is 5.60 Å². The zero-order valence-corrected chi connectivity index (χ0v) is 10.7. The lowest BCUT2D eigenvalue weighted by molar-refractivity contribution is -0.132. The number of carbonyl (C=O) groups is 1. The van der Waals surface area contributed by atoms with E-state index in [-0.39, 0.29) is 5.91 Å². The van der Waals surface area contributed by atoms with E-state index in [2.05, 4.69) is 0 Å². The molecule has 3 rings (SSSR count). The Labute approximate surface area is 112 Å². The van der Waals surface area contributed by atoms with Gasteiger partial charge in [0, 0.05) is 12.1 Å².